The second-order valence-electron chi connectivity index (χ2n) is 3.50. The molecule has 0 amide bonds. The van der Waals surface area contributed by atoms with Gasteiger partial charge in [-0.15, -0.1) is 0 Å². The first-order chi connectivity index (χ1) is 8.52. The first kappa shape index (κ1) is 14.3. The standard InChI is InChI=1S/C13H14O4S/c1-9(14)18-5-3-4-10-6-11(13(15)16)8-12(7-10)17-2/h3-4,6-8H,5H2,1-2H3,(H,15,16). The number of methoxy groups -OCH3 is 1. The van der Waals surface area contributed by atoms with E-state index in [4.69, 9.17) is 9.84 Å². The lowest BCUT2D eigenvalue weighted by Crippen LogP contribution is -1.97. The number of rotatable bonds is 5. The van der Waals surface area contributed by atoms with Gasteiger partial charge in [0.15, 0.2) is 5.12 Å². The molecule has 96 valence electrons. The van der Waals surface area contributed by atoms with E-state index >= 15 is 0 Å². The molecule has 0 aromatic heterocycles. The van der Waals surface area contributed by atoms with E-state index in [-0.39, 0.29) is 10.7 Å². The summed E-state index contributed by atoms with van der Waals surface area (Å²) in [7, 11) is 1.49. The molecule has 0 aliphatic carbocycles. The van der Waals surface area contributed by atoms with Crippen LogP contribution in [0.4, 0.5) is 0 Å². The van der Waals surface area contributed by atoms with Crippen LogP contribution in [0.2, 0.25) is 0 Å². The molecule has 0 bridgehead atoms. The molecule has 0 aliphatic heterocycles. The van der Waals surface area contributed by atoms with E-state index in [0.717, 1.165) is 5.56 Å². The average molecular weight is 266 g/mol. The third kappa shape index (κ3) is 4.63. The summed E-state index contributed by atoms with van der Waals surface area (Å²) in [5, 5.41) is 9.00. The molecule has 0 aliphatic rings. The van der Waals surface area contributed by atoms with Gasteiger partial charge in [0, 0.05) is 12.7 Å². The van der Waals surface area contributed by atoms with Crippen LogP contribution >= 0.6 is 11.8 Å². The van der Waals surface area contributed by atoms with Crippen LogP contribution in [-0.4, -0.2) is 29.1 Å². The van der Waals surface area contributed by atoms with Gasteiger partial charge in [0.2, 0.25) is 0 Å². The molecular formula is C13H14O4S. The molecule has 0 fully saturated rings. The number of carbonyl (C=O) groups excluding carboxylic acids is 1. The number of benzene rings is 1. The highest BCUT2D eigenvalue weighted by Crippen LogP contribution is 2.18. The van der Waals surface area contributed by atoms with Gasteiger partial charge in [-0.2, -0.15) is 0 Å². The number of aromatic carboxylic acids is 1. The summed E-state index contributed by atoms with van der Waals surface area (Å²) in [6.45, 7) is 1.51. The highest BCUT2D eigenvalue weighted by atomic mass is 32.2. The zero-order valence-corrected chi connectivity index (χ0v) is 11.0. The predicted octanol–water partition coefficient (Wildman–Crippen LogP) is 2.69. The molecule has 1 rings (SSSR count). The highest BCUT2D eigenvalue weighted by Gasteiger charge is 2.05. The predicted molar refractivity (Wildman–Crippen MR) is 72.1 cm³/mol. The fourth-order valence-corrected chi connectivity index (χ4v) is 1.74. The monoisotopic (exact) mass is 266 g/mol. The Balaban J connectivity index is 2.84. The van der Waals surface area contributed by atoms with Gasteiger partial charge in [0.05, 0.1) is 12.7 Å². The zero-order valence-electron chi connectivity index (χ0n) is 10.2. The molecule has 0 saturated carbocycles. The Morgan fingerprint density at radius 1 is 1.39 bits per heavy atom. The quantitative estimate of drug-likeness (QED) is 0.887. The molecule has 0 spiro atoms. The third-order valence-electron chi connectivity index (χ3n) is 2.10. The Hall–Kier alpha value is -1.75. The first-order valence-electron chi connectivity index (χ1n) is 5.25. The van der Waals surface area contributed by atoms with Gasteiger partial charge < -0.3 is 9.84 Å². The Kier molecular flexibility index (Phi) is 5.45. The van der Waals surface area contributed by atoms with Crippen LogP contribution in [-0.2, 0) is 4.79 Å². The van der Waals surface area contributed by atoms with Gasteiger partial charge in [-0.3, -0.25) is 4.79 Å². The maximum Gasteiger partial charge on any atom is 0.335 e. The molecule has 1 N–H and O–H groups in total. The van der Waals surface area contributed by atoms with Gasteiger partial charge in [-0.25, -0.2) is 4.79 Å². The van der Waals surface area contributed by atoms with Crippen molar-refractivity contribution in [3.8, 4) is 5.75 Å². The van der Waals surface area contributed by atoms with E-state index in [0.29, 0.717) is 11.5 Å². The van der Waals surface area contributed by atoms with Crippen LogP contribution < -0.4 is 4.74 Å². The Morgan fingerprint density at radius 3 is 2.67 bits per heavy atom. The summed E-state index contributed by atoms with van der Waals surface area (Å²) in [6.07, 6.45) is 3.58. The van der Waals surface area contributed by atoms with Crippen molar-refractivity contribution >= 4 is 28.9 Å². The van der Waals surface area contributed by atoms with Crippen LogP contribution in [0.5, 0.6) is 5.75 Å². The van der Waals surface area contributed by atoms with E-state index in [2.05, 4.69) is 0 Å². The van der Waals surface area contributed by atoms with Crippen LogP contribution in [0.1, 0.15) is 22.8 Å². The van der Waals surface area contributed by atoms with E-state index in [1.165, 1.54) is 31.9 Å². The van der Waals surface area contributed by atoms with E-state index in [1.54, 1.807) is 18.2 Å². The Morgan fingerprint density at radius 2 is 2.11 bits per heavy atom. The summed E-state index contributed by atoms with van der Waals surface area (Å²) < 4.78 is 5.03. The molecule has 1 aromatic carbocycles. The topological polar surface area (TPSA) is 63.6 Å². The maximum atomic E-state index is 10.9. The molecule has 4 nitrogen and oxygen atoms in total. The normalized spacial score (nSPS) is 10.6. The Bertz CT molecular complexity index is 480. The first-order valence-corrected chi connectivity index (χ1v) is 6.23. The van der Waals surface area contributed by atoms with Gasteiger partial charge in [-0.1, -0.05) is 23.9 Å². The van der Waals surface area contributed by atoms with Crippen LogP contribution in [0.3, 0.4) is 0 Å². The minimum Gasteiger partial charge on any atom is -0.497 e. The van der Waals surface area contributed by atoms with Crippen LogP contribution in [0, 0.1) is 0 Å². The number of carboxylic acid groups (broad SMARTS) is 1. The van der Waals surface area contributed by atoms with Gasteiger partial charge >= 0.3 is 5.97 Å². The van der Waals surface area contributed by atoms with Crippen molar-refractivity contribution in [2.75, 3.05) is 12.9 Å². The van der Waals surface area contributed by atoms with Gasteiger partial charge in [-0.05, 0) is 23.8 Å². The molecule has 18 heavy (non-hydrogen) atoms. The largest absolute Gasteiger partial charge is 0.497 e. The average Bonchev–Trinajstić information content (AvgIpc) is 2.34. The molecule has 0 unspecified atom stereocenters. The number of carbonyl (C=O) groups is 2. The lowest BCUT2D eigenvalue weighted by atomic mass is 10.1. The zero-order chi connectivity index (χ0) is 13.5. The summed E-state index contributed by atoms with van der Waals surface area (Å²) in [4.78, 5) is 21.6. The van der Waals surface area contributed by atoms with Gasteiger partial charge in [0.1, 0.15) is 5.75 Å². The SMILES string of the molecule is COc1cc(C=CCSC(C)=O)cc(C(=O)O)c1. The molecular weight excluding hydrogens is 252 g/mol. The lowest BCUT2D eigenvalue weighted by Gasteiger charge is -2.03. The highest BCUT2D eigenvalue weighted by molar-refractivity contribution is 8.13. The van der Waals surface area contributed by atoms with Crippen molar-refractivity contribution in [1.82, 2.24) is 0 Å². The van der Waals surface area contributed by atoms with Crippen LogP contribution in [0.25, 0.3) is 6.08 Å². The van der Waals surface area contributed by atoms with E-state index in [9.17, 15) is 9.59 Å². The molecule has 5 heteroatoms. The van der Waals surface area contributed by atoms with Crippen molar-refractivity contribution in [3.05, 3.63) is 35.4 Å². The number of ether oxygens (including phenoxy) is 1. The maximum absolute atomic E-state index is 10.9. The number of carboxylic acids is 1. The minimum absolute atomic E-state index is 0.0523. The molecule has 1 aromatic rings. The van der Waals surface area contributed by atoms with E-state index < -0.39 is 5.97 Å². The number of thioether (sulfide) groups is 1. The van der Waals surface area contributed by atoms with Crippen molar-refractivity contribution in [2.24, 2.45) is 0 Å². The summed E-state index contributed by atoms with van der Waals surface area (Å²) in [5.41, 5.74) is 0.907. The second-order valence-corrected chi connectivity index (χ2v) is 4.70. The Labute approximate surface area is 110 Å². The summed E-state index contributed by atoms with van der Waals surface area (Å²) >= 11 is 1.20. The fraction of sp³-hybridized carbons (Fsp3) is 0.231. The molecule has 0 heterocycles. The van der Waals surface area contributed by atoms with Crippen molar-refractivity contribution in [2.45, 2.75) is 6.92 Å². The van der Waals surface area contributed by atoms with Gasteiger partial charge in [0.25, 0.3) is 0 Å². The molecule has 0 radical (unpaired) electrons. The minimum atomic E-state index is -0.998. The molecule has 0 saturated heterocycles. The van der Waals surface area contributed by atoms with E-state index in [1.807, 2.05) is 6.08 Å². The summed E-state index contributed by atoms with van der Waals surface area (Å²) in [6, 6.07) is 4.76. The number of hydrogen-bond donors (Lipinski definition) is 1. The van der Waals surface area contributed by atoms with Crippen molar-refractivity contribution in [1.29, 1.82) is 0 Å². The smallest absolute Gasteiger partial charge is 0.335 e. The summed E-state index contributed by atoms with van der Waals surface area (Å²) in [5.74, 6) is 0.0602. The van der Waals surface area contributed by atoms with Crippen molar-refractivity contribution in [3.63, 3.8) is 0 Å². The second kappa shape index (κ2) is 6.86. The lowest BCUT2D eigenvalue weighted by molar-refractivity contribution is -0.109. The molecule has 0 atom stereocenters. The van der Waals surface area contributed by atoms with Crippen molar-refractivity contribution < 1.29 is 19.4 Å². The number of hydrogen-bond acceptors (Lipinski definition) is 4. The third-order valence-corrected chi connectivity index (χ3v) is 2.87. The van der Waals surface area contributed by atoms with Crippen LogP contribution in [0.15, 0.2) is 24.3 Å². The fourth-order valence-electron chi connectivity index (χ4n) is 1.31.